The second kappa shape index (κ2) is 9.89. The van der Waals surface area contributed by atoms with E-state index in [2.05, 4.69) is 17.2 Å². The van der Waals surface area contributed by atoms with Crippen LogP contribution in [0.4, 0.5) is 0 Å². The van der Waals surface area contributed by atoms with Gasteiger partial charge in [-0.15, -0.1) is 0 Å². The average Bonchev–Trinajstić information content (AvgIpc) is 3.09. The molecule has 2 aromatic rings. The second-order valence-electron chi connectivity index (χ2n) is 7.70. The van der Waals surface area contributed by atoms with Gasteiger partial charge >= 0.3 is 0 Å². The van der Waals surface area contributed by atoms with Crippen molar-refractivity contribution in [3.05, 3.63) is 24.0 Å². The Kier molecular flexibility index (Phi) is 7.49. The molecule has 166 valence electrons. The third-order valence-electron chi connectivity index (χ3n) is 5.43. The summed E-state index contributed by atoms with van der Waals surface area (Å²) >= 11 is 0. The van der Waals surface area contributed by atoms with Gasteiger partial charge in [-0.3, -0.25) is 4.79 Å². The smallest absolute Gasteiger partial charge is 0.243 e. The molecule has 1 atom stereocenters. The number of rotatable bonds is 9. The Labute approximate surface area is 178 Å². The number of carbonyl (C=O) groups excluding carboxylic acids is 1. The molecule has 30 heavy (non-hydrogen) atoms. The molecular weight excluding hydrogens is 404 g/mol. The zero-order valence-electron chi connectivity index (χ0n) is 18.1. The van der Waals surface area contributed by atoms with Crippen molar-refractivity contribution in [2.75, 3.05) is 26.3 Å². The van der Waals surface area contributed by atoms with Crippen molar-refractivity contribution in [1.82, 2.24) is 19.2 Å². The maximum Gasteiger partial charge on any atom is 0.243 e. The number of carbonyl (C=O) groups is 1. The van der Waals surface area contributed by atoms with E-state index in [1.807, 2.05) is 24.5 Å². The van der Waals surface area contributed by atoms with Crippen molar-refractivity contribution in [3.63, 3.8) is 0 Å². The van der Waals surface area contributed by atoms with Crippen LogP contribution in [0.15, 0.2) is 23.1 Å². The Morgan fingerprint density at radius 1 is 1.27 bits per heavy atom. The van der Waals surface area contributed by atoms with E-state index >= 15 is 0 Å². The average molecular weight is 437 g/mol. The number of hydrogen-bond donors (Lipinski definition) is 1. The van der Waals surface area contributed by atoms with Crippen LogP contribution in [-0.4, -0.2) is 60.5 Å². The summed E-state index contributed by atoms with van der Waals surface area (Å²) in [4.78, 5) is 17.1. The Hall–Kier alpha value is -1.97. The van der Waals surface area contributed by atoms with Crippen LogP contribution in [0, 0.1) is 0 Å². The molecule has 1 aromatic carbocycles. The lowest BCUT2D eigenvalue weighted by Gasteiger charge is -2.26. The highest BCUT2D eigenvalue weighted by molar-refractivity contribution is 7.89. The molecule has 0 bridgehead atoms. The van der Waals surface area contributed by atoms with Gasteiger partial charge in [-0.25, -0.2) is 13.4 Å². The highest BCUT2D eigenvalue weighted by Crippen LogP contribution is 2.24. The molecular formula is C21H32N4O4S. The molecule has 8 nitrogen and oxygen atoms in total. The first-order valence-corrected chi connectivity index (χ1v) is 12.2. The summed E-state index contributed by atoms with van der Waals surface area (Å²) in [7, 11) is -3.57. The topological polar surface area (TPSA) is 93.5 Å². The molecule has 0 spiro atoms. The van der Waals surface area contributed by atoms with Crippen LogP contribution >= 0.6 is 0 Å². The van der Waals surface area contributed by atoms with Crippen LogP contribution < -0.4 is 5.32 Å². The van der Waals surface area contributed by atoms with E-state index in [1.54, 1.807) is 12.1 Å². The number of aromatic nitrogens is 2. The number of fused-ring (bicyclic) bond motifs is 1. The third kappa shape index (κ3) is 5.01. The van der Waals surface area contributed by atoms with Gasteiger partial charge in [0.05, 0.1) is 29.1 Å². The van der Waals surface area contributed by atoms with Crippen LogP contribution in [-0.2, 0) is 32.5 Å². The highest BCUT2D eigenvalue weighted by atomic mass is 32.2. The number of nitrogens with zero attached hydrogens (tertiary/aromatic N) is 3. The van der Waals surface area contributed by atoms with Gasteiger partial charge < -0.3 is 14.6 Å². The number of amides is 1. The molecule has 0 saturated carbocycles. The predicted octanol–water partition coefficient (Wildman–Crippen LogP) is 2.31. The minimum absolute atomic E-state index is 0.0150. The van der Waals surface area contributed by atoms with Crippen LogP contribution in [0.5, 0.6) is 0 Å². The standard InChI is InChI=1S/C21H32N4O4S/c1-4-6-16(3)22-21(26)10-9-20-23-18-15-17(7-8-19(18)25(20)5-2)30(27,28)24-11-13-29-14-12-24/h7-8,15-16H,4-6,9-14H2,1-3H3,(H,22,26). The Bertz CT molecular complexity index is 980. The summed E-state index contributed by atoms with van der Waals surface area (Å²) in [6.07, 6.45) is 2.86. The van der Waals surface area contributed by atoms with Gasteiger partial charge in [-0.2, -0.15) is 4.31 Å². The molecule has 1 aromatic heterocycles. The monoisotopic (exact) mass is 436 g/mol. The van der Waals surface area contributed by atoms with Gasteiger partial charge in [0.2, 0.25) is 15.9 Å². The molecule has 0 aliphatic carbocycles. The van der Waals surface area contributed by atoms with Crippen molar-refractivity contribution in [1.29, 1.82) is 0 Å². The summed E-state index contributed by atoms with van der Waals surface area (Å²) in [6.45, 7) is 8.38. The third-order valence-corrected chi connectivity index (χ3v) is 7.32. The van der Waals surface area contributed by atoms with Crippen LogP contribution in [0.25, 0.3) is 11.0 Å². The fourth-order valence-electron chi connectivity index (χ4n) is 3.88. The van der Waals surface area contributed by atoms with Gasteiger partial charge in [0.1, 0.15) is 5.82 Å². The largest absolute Gasteiger partial charge is 0.379 e. The lowest BCUT2D eigenvalue weighted by molar-refractivity contribution is -0.121. The van der Waals surface area contributed by atoms with Gasteiger partial charge in [0.15, 0.2) is 0 Å². The SMILES string of the molecule is CCCC(C)NC(=O)CCc1nc2cc(S(=O)(=O)N3CCOCC3)ccc2n1CC. The van der Waals surface area contributed by atoms with Crippen molar-refractivity contribution < 1.29 is 17.9 Å². The van der Waals surface area contributed by atoms with Crippen molar-refractivity contribution in [2.45, 2.75) is 63.9 Å². The molecule has 0 radical (unpaired) electrons. The number of nitrogens with one attached hydrogen (secondary N) is 1. The first-order valence-electron chi connectivity index (χ1n) is 10.7. The van der Waals surface area contributed by atoms with Crippen molar-refractivity contribution in [2.24, 2.45) is 0 Å². The number of imidazole rings is 1. The fraction of sp³-hybridized carbons (Fsp3) is 0.619. The molecule has 1 saturated heterocycles. The van der Waals surface area contributed by atoms with E-state index in [9.17, 15) is 13.2 Å². The van der Waals surface area contributed by atoms with E-state index in [0.717, 1.165) is 24.2 Å². The summed E-state index contributed by atoms with van der Waals surface area (Å²) in [5.74, 6) is 0.813. The normalized spacial score (nSPS) is 16.6. The van der Waals surface area contributed by atoms with Crippen LogP contribution in [0.1, 0.15) is 45.9 Å². The molecule has 1 aliphatic heterocycles. The van der Waals surface area contributed by atoms with Gasteiger partial charge in [0.25, 0.3) is 0 Å². The zero-order valence-corrected chi connectivity index (χ0v) is 18.9. The van der Waals surface area contributed by atoms with Crippen molar-refractivity contribution in [3.8, 4) is 0 Å². The number of sulfonamides is 1. The first-order chi connectivity index (χ1) is 14.4. The van der Waals surface area contributed by atoms with E-state index in [0.29, 0.717) is 51.2 Å². The lowest BCUT2D eigenvalue weighted by Crippen LogP contribution is -2.40. The van der Waals surface area contributed by atoms with E-state index in [-0.39, 0.29) is 16.8 Å². The summed E-state index contributed by atoms with van der Waals surface area (Å²) in [6, 6.07) is 5.26. The molecule has 1 amide bonds. The van der Waals surface area contributed by atoms with E-state index in [1.165, 1.54) is 4.31 Å². The molecule has 1 N–H and O–H groups in total. The number of benzene rings is 1. The van der Waals surface area contributed by atoms with Gasteiger partial charge in [0, 0.05) is 38.5 Å². The predicted molar refractivity (Wildman–Crippen MR) is 116 cm³/mol. The van der Waals surface area contributed by atoms with E-state index in [4.69, 9.17) is 4.74 Å². The molecule has 2 heterocycles. The Morgan fingerprint density at radius 3 is 2.67 bits per heavy atom. The molecule has 1 aliphatic rings. The second-order valence-corrected chi connectivity index (χ2v) is 9.63. The lowest BCUT2D eigenvalue weighted by atomic mass is 10.2. The molecule has 9 heteroatoms. The minimum atomic E-state index is -3.57. The van der Waals surface area contributed by atoms with Gasteiger partial charge in [-0.05, 0) is 38.5 Å². The van der Waals surface area contributed by atoms with Crippen molar-refractivity contribution >= 4 is 27.0 Å². The number of aryl methyl sites for hydroxylation is 2. The number of hydrogen-bond acceptors (Lipinski definition) is 5. The number of ether oxygens (including phenoxy) is 1. The number of morpholine rings is 1. The van der Waals surface area contributed by atoms with Gasteiger partial charge in [-0.1, -0.05) is 13.3 Å². The summed E-state index contributed by atoms with van der Waals surface area (Å²) in [5.41, 5.74) is 1.52. The van der Waals surface area contributed by atoms with Crippen LogP contribution in [0.2, 0.25) is 0 Å². The highest BCUT2D eigenvalue weighted by Gasteiger charge is 2.27. The molecule has 1 fully saturated rings. The fourth-order valence-corrected chi connectivity index (χ4v) is 5.31. The quantitative estimate of drug-likeness (QED) is 0.651. The summed E-state index contributed by atoms with van der Waals surface area (Å²) in [5, 5.41) is 3.02. The molecule has 3 rings (SSSR count). The molecule has 1 unspecified atom stereocenters. The Balaban J connectivity index is 1.79. The first kappa shape index (κ1) is 22.7. The Morgan fingerprint density at radius 2 is 2.00 bits per heavy atom. The zero-order chi connectivity index (χ0) is 21.7. The summed E-state index contributed by atoms with van der Waals surface area (Å²) < 4.78 is 34.7. The minimum Gasteiger partial charge on any atom is -0.379 e. The van der Waals surface area contributed by atoms with Crippen LogP contribution in [0.3, 0.4) is 0 Å². The van der Waals surface area contributed by atoms with E-state index < -0.39 is 10.0 Å². The maximum atomic E-state index is 12.9. The maximum absolute atomic E-state index is 12.9.